The van der Waals surface area contributed by atoms with Crippen LogP contribution in [-0.2, 0) is 0 Å². The van der Waals surface area contributed by atoms with Crippen LogP contribution in [0.25, 0.3) is 0 Å². The van der Waals surface area contributed by atoms with Gasteiger partial charge in [-0.05, 0) is 43.9 Å². The molecule has 5 nitrogen and oxygen atoms in total. The molecule has 1 atom stereocenters. The number of rotatable bonds is 3. The van der Waals surface area contributed by atoms with E-state index in [2.05, 4.69) is 53.6 Å². The van der Waals surface area contributed by atoms with Crippen molar-refractivity contribution in [3.8, 4) is 0 Å². The van der Waals surface area contributed by atoms with Gasteiger partial charge in [-0.25, -0.2) is 0 Å². The molecule has 1 aliphatic rings. The molecule has 2 rings (SSSR count). The van der Waals surface area contributed by atoms with Gasteiger partial charge in [0, 0.05) is 6.04 Å². The molecule has 0 radical (unpaired) electrons. The van der Waals surface area contributed by atoms with Crippen LogP contribution in [0.4, 0.5) is 0 Å². The van der Waals surface area contributed by atoms with Crippen molar-refractivity contribution in [3.05, 3.63) is 5.82 Å². The summed E-state index contributed by atoms with van der Waals surface area (Å²) in [5, 5.41) is 17.8. The second-order valence-corrected chi connectivity index (χ2v) is 6.57. The Morgan fingerprint density at radius 3 is 2.39 bits per heavy atom. The predicted octanol–water partition coefficient (Wildman–Crippen LogP) is 2.46. The molecule has 0 aromatic carbocycles. The molecular formula is C13H25N5. The van der Waals surface area contributed by atoms with Gasteiger partial charge in [0.1, 0.15) is 0 Å². The van der Waals surface area contributed by atoms with Crippen molar-refractivity contribution < 1.29 is 0 Å². The zero-order valence-corrected chi connectivity index (χ0v) is 11.9. The number of nitrogens with one attached hydrogen (secondary N) is 2. The molecule has 0 amide bonds. The molecular weight excluding hydrogens is 226 g/mol. The third kappa shape index (κ3) is 3.28. The van der Waals surface area contributed by atoms with Crippen LogP contribution in [0.5, 0.6) is 0 Å². The molecule has 5 heteroatoms. The van der Waals surface area contributed by atoms with Crippen LogP contribution in [0.3, 0.4) is 0 Å². The molecule has 0 spiro atoms. The minimum atomic E-state index is 0.180. The zero-order valence-electron chi connectivity index (χ0n) is 11.9. The molecule has 1 fully saturated rings. The molecule has 1 aliphatic carbocycles. The highest BCUT2D eigenvalue weighted by molar-refractivity contribution is 4.90. The van der Waals surface area contributed by atoms with Crippen LogP contribution < -0.4 is 5.32 Å². The second-order valence-electron chi connectivity index (χ2n) is 6.57. The van der Waals surface area contributed by atoms with E-state index in [-0.39, 0.29) is 6.04 Å². The molecule has 18 heavy (non-hydrogen) atoms. The molecule has 1 unspecified atom stereocenters. The lowest BCUT2D eigenvalue weighted by molar-refractivity contribution is 0.156. The molecule has 102 valence electrons. The highest BCUT2D eigenvalue weighted by Crippen LogP contribution is 2.38. The Bertz CT molecular complexity index is 346. The molecule has 1 heterocycles. The lowest BCUT2D eigenvalue weighted by Gasteiger charge is -2.37. The van der Waals surface area contributed by atoms with E-state index in [1.165, 1.54) is 25.7 Å². The van der Waals surface area contributed by atoms with Gasteiger partial charge in [-0.2, -0.15) is 5.21 Å². The van der Waals surface area contributed by atoms with Gasteiger partial charge in [0.05, 0.1) is 6.04 Å². The Hall–Kier alpha value is -0.970. The largest absolute Gasteiger partial charge is 0.305 e. The maximum atomic E-state index is 4.03. The van der Waals surface area contributed by atoms with Gasteiger partial charge in [-0.15, -0.1) is 10.2 Å². The first-order chi connectivity index (χ1) is 8.47. The zero-order chi connectivity index (χ0) is 13.2. The molecule has 2 N–H and O–H groups in total. The van der Waals surface area contributed by atoms with Gasteiger partial charge in [-0.3, -0.25) is 0 Å². The van der Waals surface area contributed by atoms with Crippen LogP contribution in [0.1, 0.15) is 65.2 Å². The summed E-state index contributed by atoms with van der Waals surface area (Å²) in [6, 6.07) is 0.775. The van der Waals surface area contributed by atoms with E-state index < -0.39 is 0 Å². The number of hydrogen-bond donors (Lipinski definition) is 2. The van der Waals surface area contributed by atoms with Crippen LogP contribution in [0, 0.1) is 11.3 Å². The van der Waals surface area contributed by atoms with Crippen LogP contribution in [-0.4, -0.2) is 26.7 Å². The van der Waals surface area contributed by atoms with E-state index in [9.17, 15) is 0 Å². The monoisotopic (exact) mass is 251 g/mol. The predicted molar refractivity (Wildman–Crippen MR) is 70.9 cm³/mol. The number of nitrogens with zero attached hydrogens (tertiary/aromatic N) is 3. The number of aromatic amines is 1. The summed E-state index contributed by atoms with van der Waals surface area (Å²) in [6.07, 6.45) is 5.15. The molecule has 0 bridgehead atoms. The van der Waals surface area contributed by atoms with Crippen molar-refractivity contribution >= 4 is 0 Å². The van der Waals surface area contributed by atoms with Crippen molar-refractivity contribution in [2.45, 2.75) is 65.5 Å². The fourth-order valence-electron chi connectivity index (χ4n) is 2.91. The molecule has 1 saturated carbocycles. The maximum absolute atomic E-state index is 4.03. The summed E-state index contributed by atoms with van der Waals surface area (Å²) >= 11 is 0. The topological polar surface area (TPSA) is 66.5 Å². The first-order valence-electron chi connectivity index (χ1n) is 6.96. The standard InChI is InChI=1S/C13H25N5/c1-9(12-15-17-18-16-12)14-11-7-5-10(6-8-11)13(2,3)4/h9-11,14H,5-8H2,1-4H3,(H,15,16,17,18). The van der Waals surface area contributed by atoms with Gasteiger partial charge in [-0.1, -0.05) is 26.0 Å². The van der Waals surface area contributed by atoms with Crippen molar-refractivity contribution in [2.75, 3.05) is 0 Å². The van der Waals surface area contributed by atoms with E-state index in [0.29, 0.717) is 11.5 Å². The summed E-state index contributed by atoms with van der Waals surface area (Å²) in [5.74, 6) is 1.61. The average molecular weight is 251 g/mol. The maximum Gasteiger partial charge on any atom is 0.191 e. The lowest BCUT2D eigenvalue weighted by Crippen LogP contribution is -2.37. The number of tetrazole rings is 1. The van der Waals surface area contributed by atoms with E-state index in [1.54, 1.807) is 0 Å². The fraction of sp³-hybridized carbons (Fsp3) is 0.923. The van der Waals surface area contributed by atoms with Crippen LogP contribution >= 0.6 is 0 Å². The smallest absolute Gasteiger partial charge is 0.191 e. The molecule has 1 aromatic heterocycles. The Balaban J connectivity index is 1.80. The van der Waals surface area contributed by atoms with Crippen molar-refractivity contribution in [2.24, 2.45) is 11.3 Å². The van der Waals surface area contributed by atoms with E-state index >= 15 is 0 Å². The van der Waals surface area contributed by atoms with Gasteiger partial charge < -0.3 is 5.32 Å². The van der Waals surface area contributed by atoms with Crippen molar-refractivity contribution in [1.82, 2.24) is 25.9 Å². The number of aromatic nitrogens is 4. The minimum absolute atomic E-state index is 0.180. The third-order valence-corrected chi connectivity index (χ3v) is 4.19. The SMILES string of the molecule is CC(NC1CCC(C(C)(C)C)CC1)c1nn[nH]n1. The minimum Gasteiger partial charge on any atom is -0.305 e. The van der Waals surface area contributed by atoms with E-state index in [4.69, 9.17) is 0 Å². The van der Waals surface area contributed by atoms with E-state index in [1.807, 2.05) is 0 Å². The van der Waals surface area contributed by atoms with Crippen LogP contribution in [0.15, 0.2) is 0 Å². The highest BCUT2D eigenvalue weighted by atomic mass is 15.5. The lowest BCUT2D eigenvalue weighted by atomic mass is 9.71. The Labute approximate surface area is 109 Å². The van der Waals surface area contributed by atoms with Crippen molar-refractivity contribution in [1.29, 1.82) is 0 Å². The Morgan fingerprint density at radius 1 is 1.22 bits per heavy atom. The Kier molecular flexibility index (Phi) is 4.00. The summed E-state index contributed by atoms with van der Waals surface area (Å²) in [5.41, 5.74) is 0.449. The second kappa shape index (κ2) is 5.34. The number of hydrogen-bond acceptors (Lipinski definition) is 4. The van der Waals surface area contributed by atoms with Crippen molar-refractivity contribution in [3.63, 3.8) is 0 Å². The first kappa shape index (κ1) is 13.5. The quantitative estimate of drug-likeness (QED) is 0.866. The summed E-state index contributed by atoms with van der Waals surface area (Å²) in [7, 11) is 0. The summed E-state index contributed by atoms with van der Waals surface area (Å²) in [4.78, 5) is 0. The normalized spacial score (nSPS) is 27.1. The van der Waals surface area contributed by atoms with Gasteiger partial charge in [0.25, 0.3) is 0 Å². The van der Waals surface area contributed by atoms with Gasteiger partial charge in [0.2, 0.25) is 0 Å². The Morgan fingerprint density at radius 2 is 1.89 bits per heavy atom. The summed E-state index contributed by atoms with van der Waals surface area (Å²) in [6.45, 7) is 9.16. The molecule has 0 saturated heterocycles. The third-order valence-electron chi connectivity index (χ3n) is 4.19. The van der Waals surface area contributed by atoms with Gasteiger partial charge >= 0.3 is 0 Å². The average Bonchev–Trinajstić information content (AvgIpc) is 2.82. The first-order valence-corrected chi connectivity index (χ1v) is 6.96. The molecule has 0 aliphatic heterocycles. The highest BCUT2D eigenvalue weighted by Gasteiger charge is 2.30. The fourth-order valence-corrected chi connectivity index (χ4v) is 2.91. The van der Waals surface area contributed by atoms with Crippen LogP contribution in [0.2, 0.25) is 0 Å². The number of H-pyrrole nitrogens is 1. The van der Waals surface area contributed by atoms with Gasteiger partial charge in [0.15, 0.2) is 5.82 Å². The van der Waals surface area contributed by atoms with E-state index in [0.717, 1.165) is 11.7 Å². The molecule has 1 aromatic rings. The summed E-state index contributed by atoms with van der Waals surface area (Å²) < 4.78 is 0.